The molecule has 3 rings (SSSR count). The van der Waals surface area contributed by atoms with Crippen molar-refractivity contribution in [1.82, 2.24) is 0 Å². The van der Waals surface area contributed by atoms with E-state index in [1.54, 1.807) is 22.7 Å². The predicted molar refractivity (Wildman–Crippen MR) is 88.9 cm³/mol. The molecule has 102 valence electrons. The van der Waals surface area contributed by atoms with Crippen LogP contribution in [0.15, 0.2) is 53.9 Å². The van der Waals surface area contributed by atoms with Crippen LogP contribution in [0, 0.1) is 0 Å². The molecule has 0 saturated heterocycles. The zero-order chi connectivity index (χ0) is 13.8. The smallest absolute Gasteiger partial charge is 0.174 e. The SMILES string of the molecule is CCCOc1ccc(-c2ccc(-c3cccs3)cc2)s1. The molecule has 1 nitrogen and oxygen atoms in total. The van der Waals surface area contributed by atoms with Crippen LogP contribution in [0.4, 0.5) is 0 Å². The van der Waals surface area contributed by atoms with Gasteiger partial charge in [0.05, 0.1) is 6.61 Å². The van der Waals surface area contributed by atoms with Crippen molar-refractivity contribution in [3.63, 3.8) is 0 Å². The lowest BCUT2D eigenvalue weighted by Crippen LogP contribution is -1.91. The molecule has 0 aliphatic heterocycles. The zero-order valence-electron chi connectivity index (χ0n) is 11.3. The van der Waals surface area contributed by atoms with Crippen molar-refractivity contribution in [2.45, 2.75) is 13.3 Å². The lowest BCUT2D eigenvalue weighted by Gasteiger charge is -2.01. The summed E-state index contributed by atoms with van der Waals surface area (Å²) in [6, 6.07) is 17.2. The molecule has 0 unspecified atom stereocenters. The van der Waals surface area contributed by atoms with E-state index in [0.717, 1.165) is 18.1 Å². The van der Waals surface area contributed by atoms with Gasteiger partial charge in [0.15, 0.2) is 5.06 Å². The molecule has 2 aromatic heterocycles. The molecular formula is C17H16OS2. The number of benzene rings is 1. The quantitative estimate of drug-likeness (QED) is 0.567. The summed E-state index contributed by atoms with van der Waals surface area (Å²) in [5.41, 5.74) is 2.53. The summed E-state index contributed by atoms with van der Waals surface area (Å²) < 4.78 is 5.66. The molecule has 0 fully saturated rings. The van der Waals surface area contributed by atoms with Gasteiger partial charge >= 0.3 is 0 Å². The Morgan fingerprint density at radius 2 is 1.65 bits per heavy atom. The van der Waals surface area contributed by atoms with Gasteiger partial charge in [-0.2, -0.15) is 0 Å². The van der Waals surface area contributed by atoms with Crippen molar-refractivity contribution in [1.29, 1.82) is 0 Å². The van der Waals surface area contributed by atoms with Crippen LogP contribution in [0.2, 0.25) is 0 Å². The second-order valence-electron chi connectivity index (χ2n) is 4.52. The van der Waals surface area contributed by atoms with Gasteiger partial charge in [-0.3, -0.25) is 0 Å². The van der Waals surface area contributed by atoms with E-state index in [0.29, 0.717) is 0 Å². The number of ether oxygens (including phenoxy) is 1. The van der Waals surface area contributed by atoms with Gasteiger partial charge in [0, 0.05) is 9.75 Å². The van der Waals surface area contributed by atoms with Crippen LogP contribution >= 0.6 is 22.7 Å². The fraction of sp³-hybridized carbons (Fsp3) is 0.176. The van der Waals surface area contributed by atoms with E-state index in [1.165, 1.54) is 20.9 Å². The van der Waals surface area contributed by atoms with E-state index in [-0.39, 0.29) is 0 Å². The van der Waals surface area contributed by atoms with Gasteiger partial charge in [0.1, 0.15) is 0 Å². The molecule has 0 amide bonds. The van der Waals surface area contributed by atoms with Crippen LogP contribution in [0.3, 0.4) is 0 Å². The molecule has 0 aliphatic carbocycles. The third-order valence-electron chi connectivity index (χ3n) is 3.00. The highest BCUT2D eigenvalue weighted by molar-refractivity contribution is 7.17. The maximum atomic E-state index is 5.66. The standard InChI is InChI=1S/C17H16OS2/c1-2-11-18-17-10-9-16(20-17)14-7-5-13(6-8-14)15-4-3-12-19-15/h3-10,12H,2,11H2,1H3. The molecular weight excluding hydrogens is 284 g/mol. The normalized spacial score (nSPS) is 10.7. The van der Waals surface area contributed by atoms with Crippen molar-refractivity contribution in [3.8, 4) is 25.9 Å². The Balaban J connectivity index is 1.79. The van der Waals surface area contributed by atoms with Gasteiger partial charge in [0.2, 0.25) is 0 Å². The first-order valence-corrected chi connectivity index (χ1v) is 8.43. The predicted octanol–water partition coefficient (Wildman–Crippen LogP) is 5.93. The number of rotatable bonds is 5. The van der Waals surface area contributed by atoms with Crippen LogP contribution in [-0.2, 0) is 0 Å². The van der Waals surface area contributed by atoms with E-state index in [4.69, 9.17) is 4.74 Å². The van der Waals surface area contributed by atoms with Gasteiger partial charge in [-0.25, -0.2) is 0 Å². The number of thiophene rings is 2. The molecule has 0 radical (unpaired) electrons. The second kappa shape index (κ2) is 6.25. The van der Waals surface area contributed by atoms with Crippen LogP contribution in [0.1, 0.15) is 13.3 Å². The highest BCUT2D eigenvalue weighted by atomic mass is 32.1. The van der Waals surface area contributed by atoms with Crippen LogP contribution in [0.5, 0.6) is 5.06 Å². The van der Waals surface area contributed by atoms with Crippen molar-refractivity contribution in [2.24, 2.45) is 0 Å². The van der Waals surface area contributed by atoms with Crippen molar-refractivity contribution >= 4 is 22.7 Å². The third kappa shape index (κ3) is 2.94. The Morgan fingerprint density at radius 3 is 2.30 bits per heavy atom. The minimum atomic E-state index is 0.789. The topological polar surface area (TPSA) is 9.23 Å². The van der Waals surface area contributed by atoms with Crippen LogP contribution in [0.25, 0.3) is 20.9 Å². The molecule has 1 aromatic carbocycles. The Bertz CT molecular complexity index is 651. The van der Waals surface area contributed by atoms with Crippen LogP contribution in [-0.4, -0.2) is 6.61 Å². The van der Waals surface area contributed by atoms with Gasteiger partial charge in [-0.1, -0.05) is 48.6 Å². The largest absolute Gasteiger partial charge is 0.484 e. The summed E-state index contributed by atoms with van der Waals surface area (Å²) in [4.78, 5) is 2.57. The first-order valence-electron chi connectivity index (χ1n) is 6.74. The zero-order valence-corrected chi connectivity index (χ0v) is 13.0. The first-order chi connectivity index (χ1) is 9.86. The average Bonchev–Trinajstić information content (AvgIpc) is 3.17. The minimum absolute atomic E-state index is 0.789. The lowest BCUT2D eigenvalue weighted by molar-refractivity contribution is 0.326. The van der Waals surface area contributed by atoms with Crippen molar-refractivity contribution in [2.75, 3.05) is 6.61 Å². The molecule has 0 spiro atoms. The molecule has 0 atom stereocenters. The summed E-state index contributed by atoms with van der Waals surface area (Å²) in [7, 11) is 0. The fourth-order valence-electron chi connectivity index (χ4n) is 2.00. The highest BCUT2D eigenvalue weighted by Gasteiger charge is 2.04. The second-order valence-corrected chi connectivity index (χ2v) is 6.52. The van der Waals surface area contributed by atoms with Crippen molar-refractivity contribution in [3.05, 3.63) is 53.9 Å². The van der Waals surface area contributed by atoms with E-state index in [1.807, 2.05) is 0 Å². The molecule has 0 bridgehead atoms. The summed E-state index contributed by atoms with van der Waals surface area (Å²) in [5.74, 6) is 0. The lowest BCUT2D eigenvalue weighted by atomic mass is 10.1. The maximum Gasteiger partial charge on any atom is 0.174 e. The minimum Gasteiger partial charge on any atom is -0.484 e. The summed E-state index contributed by atoms with van der Waals surface area (Å²) in [6.07, 6.45) is 1.04. The van der Waals surface area contributed by atoms with Crippen LogP contribution < -0.4 is 4.74 Å². The molecule has 0 aliphatic rings. The molecule has 0 N–H and O–H groups in total. The molecule has 2 heterocycles. The Labute approximate surface area is 127 Å². The molecule has 0 saturated carbocycles. The molecule has 3 aromatic rings. The monoisotopic (exact) mass is 300 g/mol. The van der Waals surface area contributed by atoms with E-state index in [2.05, 4.69) is 60.8 Å². The van der Waals surface area contributed by atoms with E-state index < -0.39 is 0 Å². The fourth-order valence-corrected chi connectivity index (χ4v) is 3.62. The Kier molecular flexibility index (Phi) is 4.19. The Morgan fingerprint density at radius 1 is 0.900 bits per heavy atom. The van der Waals surface area contributed by atoms with Crippen molar-refractivity contribution < 1.29 is 4.74 Å². The van der Waals surface area contributed by atoms with Gasteiger partial charge in [-0.05, 0) is 41.1 Å². The van der Waals surface area contributed by atoms with E-state index in [9.17, 15) is 0 Å². The highest BCUT2D eigenvalue weighted by Crippen LogP contribution is 2.34. The summed E-state index contributed by atoms with van der Waals surface area (Å²) >= 11 is 3.48. The first kappa shape index (κ1) is 13.4. The third-order valence-corrected chi connectivity index (χ3v) is 4.97. The number of hydrogen-bond donors (Lipinski definition) is 0. The molecule has 3 heteroatoms. The average molecular weight is 300 g/mol. The summed E-state index contributed by atoms with van der Waals surface area (Å²) in [5, 5.41) is 3.11. The summed E-state index contributed by atoms with van der Waals surface area (Å²) in [6.45, 7) is 2.91. The van der Waals surface area contributed by atoms with Gasteiger partial charge < -0.3 is 4.74 Å². The number of hydrogen-bond acceptors (Lipinski definition) is 3. The van der Waals surface area contributed by atoms with E-state index >= 15 is 0 Å². The van der Waals surface area contributed by atoms with Gasteiger partial charge in [0.25, 0.3) is 0 Å². The molecule has 20 heavy (non-hydrogen) atoms. The maximum absolute atomic E-state index is 5.66. The Hall–Kier alpha value is -1.58. The van der Waals surface area contributed by atoms with Gasteiger partial charge in [-0.15, -0.1) is 11.3 Å².